The highest BCUT2D eigenvalue weighted by molar-refractivity contribution is 9.10. The Hall–Kier alpha value is -2.26. The maximum absolute atomic E-state index is 5.41. The summed E-state index contributed by atoms with van der Waals surface area (Å²) in [7, 11) is 1.70. The minimum atomic E-state index is 0.867. The van der Waals surface area contributed by atoms with Crippen molar-refractivity contribution in [1.82, 2.24) is 4.57 Å². The molecule has 0 saturated carbocycles. The van der Waals surface area contributed by atoms with Crippen LogP contribution in [0.3, 0.4) is 0 Å². The zero-order valence-corrected chi connectivity index (χ0v) is 13.7. The summed E-state index contributed by atoms with van der Waals surface area (Å²) < 4.78 is 8.76. The Morgan fingerprint density at radius 2 is 1.50 bits per heavy atom. The summed E-state index contributed by atoms with van der Waals surface area (Å²) in [5.74, 6) is 0.867. The highest BCUT2D eigenvalue weighted by Crippen LogP contribution is 2.35. The van der Waals surface area contributed by atoms with E-state index in [-0.39, 0.29) is 0 Å². The molecule has 0 aliphatic rings. The van der Waals surface area contributed by atoms with E-state index in [1.54, 1.807) is 7.11 Å². The molecule has 0 spiro atoms. The Bertz CT molecular complexity index is 973. The van der Waals surface area contributed by atoms with Gasteiger partial charge in [-0.15, -0.1) is 0 Å². The van der Waals surface area contributed by atoms with Gasteiger partial charge in [-0.2, -0.15) is 0 Å². The summed E-state index contributed by atoms with van der Waals surface area (Å²) in [6.45, 7) is 0. The maximum atomic E-state index is 5.41. The molecule has 22 heavy (non-hydrogen) atoms. The summed E-state index contributed by atoms with van der Waals surface area (Å²) in [5, 5.41) is 2.47. The molecular weight excluding hydrogens is 338 g/mol. The van der Waals surface area contributed by atoms with Crippen molar-refractivity contribution in [3.05, 3.63) is 71.2 Å². The fraction of sp³-hybridized carbons (Fsp3) is 0.0526. The summed E-state index contributed by atoms with van der Waals surface area (Å²) in [6, 6.07) is 23.0. The van der Waals surface area contributed by atoms with E-state index in [0.29, 0.717) is 0 Å². The lowest BCUT2D eigenvalue weighted by Crippen LogP contribution is -1.93. The van der Waals surface area contributed by atoms with E-state index in [1.165, 1.54) is 16.3 Å². The number of aromatic nitrogens is 1. The minimum absolute atomic E-state index is 0.867. The summed E-state index contributed by atoms with van der Waals surface area (Å²) >= 11 is 3.59. The Morgan fingerprint density at radius 1 is 0.818 bits per heavy atom. The molecule has 0 bridgehead atoms. The molecular formula is C19H14BrNO. The van der Waals surface area contributed by atoms with Crippen LogP contribution in [0.1, 0.15) is 0 Å². The second-order valence-electron chi connectivity index (χ2n) is 5.22. The van der Waals surface area contributed by atoms with Crippen LogP contribution in [0, 0.1) is 0 Å². The molecule has 108 valence electrons. The van der Waals surface area contributed by atoms with E-state index in [2.05, 4.69) is 75.1 Å². The highest BCUT2D eigenvalue weighted by atomic mass is 79.9. The van der Waals surface area contributed by atoms with Crippen LogP contribution in [0.25, 0.3) is 27.5 Å². The third-order valence-corrected chi connectivity index (χ3v) is 4.44. The summed E-state index contributed by atoms with van der Waals surface area (Å²) in [6.07, 6.45) is 0. The molecule has 4 aromatic rings. The van der Waals surface area contributed by atoms with Gasteiger partial charge in [-0.05, 0) is 36.4 Å². The third kappa shape index (κ3) is 2.01. The van der Waals surface area contributed by atoms with Crippen molar-refractivity contribution in [3.63, 3.8) is 0 Å². The van der Waals surface area contributed by atoms with E-state index in [0.717, 1.165) is 21.4 Å². The Balaban J connectivity index is 2.20. The van der Waals surface area contributed by atoms with Gasteiger partial charge in [0.25, 0.3) is 0 Å². The molecule has 0 amide bonds. The first kappa shape index (κ1) is 13.4. The van der Waals surface area contributed by atoms with Gasteiger partial charge in [0.15, 0.2) is 0 Å². The van der Waals surface area contributed by atoms with Gasteiger partial charge >= 0.3 is 0 Å². The Kier molecular flexibility index (Phi) is 3.16. The van der Waals surface area contributed by atoms with Crippen molar-refractivity contribution in [2.24, 2.45) is 0 Å². The van der Waals surface area contributed by atoms with Crippen molar-refractivity contribution >= 4 is 37.7 Å². The zero-order valence-electron chi connectivity index (χ0n) is 12.1. The largest absolute Gasteiger partial charge is 0.497 e. The maximum Gasteiger partial charge on any atom is 0.120 e. The lowest BCUT2D eigenvalue weighted by Gasteiger charge is -2.08. The van der Waals surface area contributed by atoms with Crippen LogP contribution in [-0.2, 0) is 0 Å². The molecule has 4 rings (SSSR count). The molecule has 0 aliphatic carbocycles. The average Bonchev–Trinajstić information content (AvgIpc) is 2.88. The molecule has 3 heteroatoms. The predicted molar refractivity (Wildman–Crippen MR) is 95.0 cm³/mol. The minimum Gasteiger partial charge on any atom is -0.497 e. The van der Waals surface area contributed by atoms with Gasteiger partial charge in [-0.1, -0.05) is 40.2 Å². The van der Waals surface area contributed by atoms with Crippen LogP contribution in [0.5, 0.6) is 5.75 Å². The van der Waals surface area contributed by atoms with Crippen molar-refractivity contribution in [1.29, 1.82) is 0 Å². The summed E-state index contributed by atoms with van der Waals surface area (Å²) in [4.78, 5) is 0. The second-order valence-corrected chi connectivity index (χ2v) is 6.13. The van der Waals surface area contributed by atoms with Gasteiger partial charge in [0.1, 0.15) is 5.75 Å². The second kappa shape index (κ2) is 5.18. The first-order chi connectivity index (χ1) is 10.8. The molecule has 0 radical (unpaired) electrons. The van der Waals surface area contributed by atoms with E-state index in [1.807, 2.05) is 12.1 Å². The topological polar surface area (TPSA) is 14.2 Å². The lowest BCUT2D eigenvalue weighted by atomic mass is 10.1. The van der Waals surface area contributed by atoms with Crippen LogP contribution in [-0.4, -0.2) is 11.7 Å². The molecule has 0 N–H and O–H groups in total. The van der Waals surface area contributed by atoms with Gasteiger partial charge in [-0.25, -0.2) is 0 Å². The van der Waals surface area contributed by atoms with Crippen LogP contribution < -0.4 is 4.74 Å². The van der Waals surface area contributed by atoms with Crippen LogP contribution in [0.2, 0.25) is 0 Å². The van der Waals surface area contributed by atoms with Gasteiger partial charge < -0.3 is 9.30 Å². The molecule has 3 aromatic carbocycles. The number of halogens is 1. The molecule has 2 nitrogen and oxygen atoms in total. The van der Waals surface area contributed by atoms with Crippen molar-refractivity contribution in [2.75, 3.05) is 7.11 Å². The van der Waals surface area contributed by atoms with Gasteiger partial charge in [0, 0.05) is 27.0 Å². The summed E-state index contributed by atoms with van der Waals surface area (Å²) in [5.41, 5.74) is 3.48. The fourth-order valence-electron chi connectivity index (χ4n) is 2.95. The number of benzene rings is 3. The number of nitrogens with zero attached hydrogens (tertiary/aromatic N) is 1. The number of ether oxygens (including phenoxy) is 1. The Morgan fingerprint density at radius 3 is 2.23 bits per heavy atom. The van der Waals surface area contributed by atoms with Crippen LogP contribution >= 0.6 is 15.9 Å². The average molecular weight is 352 g/mol. The fourth-order valence-corrected chi connectivity index (χ4v) is 3.30. The number of rotatable bonds is 2. The predicted octanol–water partition coefficient (Wildman–Crippen LogP) is 5.55. The number of fused-ring (bicyclic) bond motifs is 3. The number of hydrogen-bond donors (Lipinski definition) is 0. The normalized spacial score (nSPS) is 11.2. The molecule has 1 aromatic heterocycles. The third-order valence-electron chi connectivity index (χ3n) is 3.95. The Labute approximate surface area is 137 Å². The molecule has 1 heterocycles. The molecule has 0 unspecified atom stereocenters. The van der Waals surface area contributed by atoms with E-state index < -0.39 is 0 Å². The van der Waals surface area contributed by atoms with Gasteiger partial charge in [-0.3, -0.25) is 0 Å². The molecule has 0 saturated heterocycles. The standard InChI is InChI=1S/C19H14BrNO/c1-22-15-8-10-17-16-9-7-13(20)11-18(16)21(19(17)12-15)14-5-3-2-4-6-14/h2-12H,1H3. The smallest absolute Gasteiger partial charge is 0.120 e. The first-order valence-electron chi connectivity index (χ1n) is 7.11. The number of methoxy groups -OCH3 is 1. The van der Waals surface area contributed by atoms with Crippen LogP contribution in [0.15, 0.2) is 71.2 Å². The van der Waals surface area contributed by atoms with Crippen molar-refractivity contribution < 1.29 is 4.74 Å². The molecule has 0 fully saturated rings. The first-order valence-corrected chi connectivity index (χ1v) is 7.90. The monoisotopic (exact) mass is 351 g/mol. The lowest BCUT2D eigenvalue weighted by molar-refractivity contribution is 0.415. The highest BCUT2D eigenvalue weighted by Gasteiger charge is 2.13. The van der Waals surface area contributed by atoms with Gasteiger partial charge in [0.05, 0.1) is 18.1 Å². The zero-order chi connectivity index (χ0) is 15.1. The number of hydrogen-bond acceptors (Lipinski definition) is 1. The van der Waals surface area contributed by atoms with E-state index in [4.69, 9.17) is 4.74 Å². The van der Waals surface area contributed by atoms with Crippen molar-refractivity contribution in [3.8, 4) is 11.4 Å². The van der Waals surface area contributed by atoms with Crippen LogP contribution in [0.4, 0.5) is 0 Å². The van der Waals surface area contributed by atoms with Gasteiger partial charge in [0.2, 0.25) is 0 Å². The quantitative estimate of drug-likeness (QED) is 0.461. The van der Waals surface area contributed by atoms with E-state index >= 15 is 0 Å². The SMILES string of the molecule is COc1ccc2c3ccc(Br)cc3n(-c3ccccc3)c2c1. The van der Waals surface area contributed by atoms with Crippen molar-refractivity contribution in [2.45, 2.75) is 0 Å². The number of para-hydroxylation sites is 1. The van der Waals surface area contributed by atoms with E-state index in [9.17, 15) is 0 Å². The molecule has 0 atom stereocenters. The molecule has 0 aliphatic heterocycles.